The fourth-order valence-electron chi connectivity index (χ4n) is 2.82. The molecule has 1 saturated carbocycles. The molecule has 1 aliphatic carbocycles. The fourth-order valence-corrected chi connectivity index (χ4v) is 4.41. The minimum atomic E-state index is -3.92. The summed E-state index contributed by atoms with van der Waals surface area (Å²) >= 11 is 0. The average molecular weight is 404 g/mol. The van der Waals surface area contributed by atoms with Crippen molar-refractivity contribution < 1.29 is 22.7 Å². The highest BCUT2D eigenvalue weighted by Crippen LogP contribution is 2.42. The standard InChI is InChI=1S/C20H24N2O5S/c1-13-4-8-15(9-5-13)28(24,25)20-16(10-11-17(26-2)19(20)27-3)21-12-18(23)22-14-6-7-14/h4-5,8-11,14,21H,6-7,12H2,1-3H3,(H,22,23). The van der Waals surface area contributed by atoms with Crippen molar-refractivity contribution in [2.45, 2.75) is 35.6 Å². The molecule has 0 atom stereocenters. The van der Waals surface area contributed by atoms with Crippen LogP contribution in [-0.4, -0.2) is 41.1 Å². The molecule has 3 rings (SSSR count). The lowest BCUT2D eigenvalue weighted by Gasteiger charge is -2.18. The van der Waals surface area contributed by atoms with Gasteiger partial charge in [-0.15, -0.1) is 0 Å². The highest BCUT2D eigenvalue weighted by atomic mass is 32.2. The predicted octanol–water partition coefficient (Wildman–Crippen LogP) is 2.54. The second-order valence-corrected chi connectivity index (χ2v) is 8.58. The summed E-state index contributed by atoms with van der Waals surface area (Å²) in [5.74, 6) is 0.202. The number of hydrogen-bond acceptors (Lipinski definition) is 6. The van der Waals surface area contributed by atoms with E-state index in [2.05, 4.69) is 10.6 Å². The van der Waals surface area contributed by atoms with Crippen molar-refractivity contribution in [3.8, 4) is 11.5 Å². The first-order valence-corrected chi connectivity index (χ1v) is 10.4. The average Bonchev–Trinajstić information content (AvgIpc) is 3.49. The number of sulfone groups is 1. The predicted molar refractivity (Wildman–Crippen MR) is 106 cm³/mol. The summed E-state index contributed by atoms with van der Waals surface area (Å²) in [4.78, 5) is 12.1. The molecule has 0 heterocycles. The topological polar surface area (TPSA) is 93.7 Å². The van der Waals surface area contributed by atoms with Gasteiger partial charge in [-0.2, -0.15) is 0 Å². The highest BCUT2D eigenvalue weighted by molar-refractivity contribution is 7.91. The van der Waals surface area contributed by atoms with Gasteiger partial charge in [-0.3, -0.25) is 4.79 Å². The van der Waals surface area contributed by atoms with Crippen LogP contribution < -0.4 is 20.1 Å². The van der Waals surface area contributed by atoms with Crippen LogP contribution in [-0.2, 0) is 14.6 Å². The van der Waals surface area contributed by atoms with E-state index in [1.807, 2.05) is 6.92 Å². The molecule has 28 heavy (non-hydrogen) atoms. The largest absolute Gasteiger partial charge is 0.493 e. The lowest BCUT2D eigenvalue weighted by atomic mass is 10.2. The third-order valence-electron chi connectivity index (χ3n) is 4.48. The summed E-state index contributed by atoms with van der Waals surface area (Å²) in [6.07, 6.45) is 1.96. The second kappa shape index (κ2) is 8.10. The van der Waals surface area contributed by atoms with Gasteiger partial charge in [0, 0.05) is 6.04 Å². The summed E-state index contributed by atoms with van der Waals surface area (Å²) < 4.78 is 37.4. The highest BCUT2D eigenvalue weighted by Gasteiger charge is 2.29. The van der Waals surface area contributed by atoms with Gasteiger partial charge in [-0.25, -0.2) is 8.42 Å². The summed E-state index contributed by atoms with van der Waals surface area (Å²) in [7, 11) is -1.09. The number of benzene rings is 2. The number of aryl methyl sites for hydroxylation is 1. The Labute approximate surface area is 165 Å². The number of carbonyl (C=O) groups is 1. The lowest BCUT2D eigenvalue weighted by molar-refractivity contribution is -0.119. The molecule has 1 amide bonds. The Morgan fingerprint density at radius 2 is 1.75 bits per heavy atom. The Morgan fingerprint density at radius 1 is 1.07 bits per heavy atom. The van der Waals surface area contributed by atoms with Crippen LogP contribution in [0.1, 0.15) is 18.4 Å². The van der Waals surface area contributed by atoms with Gasteiger partial charge in [-0.1, -0.05) is 17.7 Å². The number of nitrogens with one attached hydrogen (secondary N) is 2. The Bertz CT molecular complexity index is 967. The van der Waals surface area contributed by atoms with Gasteiger partial charge in [0.25, 0.3) is 0 Å². The minimum absolute atomic E-state index is 0.0393. The van der Waals surface area contributed by atoms with E-state index in [9.17, 15) is 13.2 Å². The zero-order valence-electron chi connectivity index (χ0n) is 16.1. The van der Waals surface area contributed by atoms with E-state index < -0.39 is 9.84 Å². The molecule has 0 saturated heterocycles. The zero-order valence-corrected chi connectivity index (χ0v) is 16.9. The van der Waals surface area contributed by atoms with Crippen molar-refractivity contribution >= 4 is 21.4 Å². The maximum absolute atomic E-state index is 13.4. The van der Waals surface area contributed by atoms with Crippen LogP contribution in [0.15, 0.2) is 46.2 Å². The molecule has 7 nitrogen and oxygen atoms in total. The molecule has 0 aliphatic heterocycles. The van der Waals surface area contributed by atoms with Gasteiger partial charge in [0.2, 0.25) is 15.7 Å². The maximum Gasteiger partial charge on any atom is 0.239 e. The molecule has 0 aromatic heterocycles. The SMILES string of the molecule is COc1ccc(NCC(=O)NC2CC2)c(S(=O)(=O)c2ccc(C)cc2)c1OC. The number of hydrogen-bond donors (Lipinski definition) is 2. The molecular formula is C20H24N2O5S. The van der Waals surface area contributed by atoms with Crippen LogP contribution >= 0.6 is 0 Å². The molecule has 2 aromatic rings. The number of carbonyl (C=O) groups excluding carboxylic acids is 1. The van der Waals surface area contributed by atoms with Gasteiger partial charge in [0.15, 0.2) is 11.5 Å². The molecule has 8 heteroatoms. The van der Waals surface area contributed by atoms with E-state index in [-0.39, 0.29) is 39.7 Å². The molecule has 0 bridgehead atoms. The van der Waals surface area contributed by atoms with Crippen molar-refractivity contribution in [1.82, 2.24) is 5.32 Å². The zero-order chi connectivity index (χ0) is 20.3. The Hall–Kier alpha value is -2.74. The van der Waals surface area contributed by atoms with Crippen LogP contribution in [0, 0.1) is 6.92 Å². The third-order valence-corrected chi connectivity index (χ3v) is 6.32. The molecule has 1 aliphatic rings. The van der Waals surface area contributed by atoms with Gasteiger partial charge in [-0.05, 0) is 44.0 Å². The molecule has 150 valence electrons. The number of rotatable bonds is 8. The lowest BCUT2D eigenvalue weighted by Crippen LogP contribution is -2.31. The molecular weight excluding hydrogens is 380 g/mol. The van der Waals surface area contributed by atoms with Gasteiger partial charge >= 0.3 is 0 Å². The summed E-state index contributed by atoms with van der Waals surface area (Å²) in [5, 5.41) is 5.80. The van der Waals surface area contributed by atoms with E-state index in [0.29, 0.717) is 5.75 Å². The first kappa shape index (κ1) is 20.0. The first-order chi connectivity index (χ1) is 13.4. The molecule has 2 aromatic carbocycles. The molecule has 2 N–H and O–H groups in total. The fraction of sp³-hybridized carbons (Fsp3) is 0.350. The minimum Gasteiger partial charge on any atom is -0.493 e. The molecule has 0 radical (unpaired) electrons. The van der Waals surface area contributed by atoms with Crippen LogP contribution in [0.2, 0.25) is 0 Å². The molecule has 0 spiro atoms. The number of methoxy groups -OCH3 is 2. The van der Waals surface area contributed by atoms with E-state index in [4.69, 9.17) is 9.47 Å². The Kier molecular flexibility index (Phi) is 5.79. The normalized spacial score (nSPS) is 13.7. The number of anilines is 1. The van der Waals surface area contributed by atoms with Crippen molar-refractivity contribution in [3.05, 3.63) is 42.0 Å². The maximum atomic E-state index is 13.4. The van der Waals surface area contributed by atoms with Crippen LogP contribution in [0.5, 0.6) is 11.5 Å². The van der Waals surface area contributed by atoms with Crippen molar-refractivity contribution in [3.63, 3.8) is 0 Å². The van der Waals surface area contributed by atoms with Crippen molar-refractivity contribution in [1.29, 1.82) is 0 Å². The van der Waals surface area contributed by atoms with Gasteiger partial charge < -0.3 is 20.1 Å². The van der Waals surface area contributed by atoms with E-state index >= 15 is 0 Å². The van der Waals surface area contributed by atoms with Crippen LogP contribution in [0.4, 0.5) is 5.69 Å². The monoisotopic (exact) mass is 404 g/mol. The van der Waals surface area contributed by atoms with E-state index in [1.54, 1.807) is 36.4 Å². The molecule has 1 fully saturated rings. The summed E-state index contributed by atoms with van der Waals surface area (Å²) in [5.41, 5.74) is 1.23. The summed E-state index contributed by atoms with van der Waals surface area (Å²) in [6, 6.07) is 9.97. The van der Waals surface area contributed by atoms with Crippen LogP contribution in [0.3, 0.4) is 0 Å². The Morgan fingerprint density at radius 3 is 2.32 bits per heavy atom. The van der Waals surface area contributed by atoms with Crippen molar-refractivity contribution in [2.24, 2.45) is 0 Å². The third kappa shape index (κ3) is 4.22. The Balaban J connectivity index is 2.02. The smallest absolute Gasteiger partial charge is 0.239 e. The molecule has 0 unspecified atom stereocenters. The first-order valence-electron chi connectivity index (χ1n) is 8.96. The van der Waals surface area contributed by atoms with Crippen molar-refractivity contribution in [2.75, 3.05) is 26.1 Å². The van der Waals surface area contributed by atoms with Crippen LogP contribution in [0.25, 0.3) is 0 Å². The number of ether oxygens (including phenoxy) is 2. The van der Waals surface area contributed by atoms with Gasteiger partial charge in [0.05, 0.1) is 31.3 Å². The van der Waals surface area contributed by atoms with E-state index in [0.717, 1.165) is 18.4 Å². The van der Waals surface area contributed by atoms with E-state index in [1.165, 1.54) is 14.2 Å². The number of amides is 1. The quantitative estimate of drug-likeness (QED) is 0.702. The van der Waals surface area contributed by atoms with Gasteiger partial charge in [0.1, 0.15) is 4.90 Å². The summed E-state index contributed by atoms with van der Waals surface area (Å²) in [6.45, 7) is 1.84. The second-order valence-electron chi connectivity index (χ2n) is 6.69.